The van der Waals surface area contributed by atoms with Crippen LogP contribution >= 0.6 is 11.3 Å². The van der Waals surface area contributed by atoms with E-state index in [-0.39, 0.29) is 23.3 Å². The molecule has 2 aromatic carbocycles. The van der Waals surface area contributed by atoms with Gasteiger partial charge in [0, 0.05) is 23.4 Å². The lowest BCUT2D eigenvalue weighted by atomic mass is 10.1. The number of amides is 1. The first-order valence-corrected chi connectivity index (χ1v) is 13.2. The molecule has 0 radical (unpaired) electrons. The van der Waals surface area contributed by atoms with Crippen LogP contribution in [0.1, 0.15) is 24.8 Å². The van der Waals surface area contributed by atoms with Crippen LogP contribution in [0.25, 0.3) is 21.8 Å². The molecular formula is C24H23FN6O3S2. The average Bonchev–Trinajstić information content (AvgIpc) is 3.30. The van der Waals surface area contributed by atoms with Crippen molar-refractivity contribution in [3.63, 3.8) is 0 Å². The summed E-state index contributed by atoms with van der Waals surface area (Å²) in [7, 11) is -4.00. The number of rotatable bonds is 8. The Kier molecular flexibility index (Phi) is 7.38. The SMILES string of the molecule is CC(C)c1nc(-c2cccc(NS(=O)(=O)c3cccc(F)c3)c2)c(-c2ccnc(NC(=O)CN)n2)s1. The van der Waals surface area contributed by atoms with Crippen molar-refractivity contribution < 1.29 is 17.6 Å². The van der Waals surface area contributed by atoms with Gasteiger partial charge >= 0.3 is 0 Å². The third-order valence-corrected chi connectivity index (χ3v) is 7.71. The second kappa shape index (κ2) is 10.5. The summed E-state index contributed by atoms with van der Waals surface area (Å²) in [5, 5.41) is 3.40. The van der Waals surface area contributed by atoms with Crippen molar-refractivity contribution in [3.05, 3.63) is 71.6 Å². The van der Waals surface area contributed by atoms with Gasteiger partial charge in [-0.3, -0.25) is 14.8 Å². The number of hydrogen-bond donors (Lipinski definition) is 3. The summed E-state index contributed by atoms with van der Waals surface area (Å²) in [6, 6.07) is 13.2. The van der Waals surface area contributed by atoms with E-state index in [1.54, 1.807) is 30.3 Å². The smallest absolute Gasteiger partial charge is 0.261 e. The van der Waals surface area contributed by atoms with Crippen molar-refractivity contribution in [1.82, 2.24) is 15.0 Å². The van der Waals surface area contributed by atoms with E-state index < -0.39 is 21.7 Å². The number of halogens is 1. The Labute approximate surface area is 211 Å². The molecule has 0 aliphatic heterocycles. The fourth-order valence-corrected chi connectivity index (χ4v) is 5.39. The summed E-state index contributed by atoms with van der Waals surface area (Å²) >= 11 is 1.45. The van der Waals surface area contributed by atoms with Crippen molar-refractivity contribution in [1.29, 1.82) is 0 Å². The third-order valence-electron chi connectivity index (χ3n) is 4.96. The lowest BCUT2D eigenvalue weighted by Crippen LogP contribution is -2.23. The molecule has 36 heavy (non-hydrogen) atoms. The summed E-state index contributed by atoms with van der Waals surface area (Å²) in [6.07, 6.45) is 1.52. The van der Waals surface area contributed by atoms with Gasteiger partial charge in [-0.15, -0.1) is 11.3 Å². The number of thiazole rings is 1. The molecule has 0 saturated carbocycles. The first kappa shape index (κ1) is 25.4. The van der Waals surface area contributed by atoms with Crippen molar-refractivity contribution in [2.45, 2.75) is 24.7 Å². The first-order valence-electron chi connectivity index (χ1n) is 10.9. The van der Waals surface area contributed by atoms with Crippen LogP contribution in [0.5, 0.6) is 0 Å². The number of anilines is 2. The van der Waals surface area contributed by atoms with E-state index in [1.165, 1.54) is 35.7 Å². The summed E-state index contributed by atoms with van der Waals surface area (Å²) in [6.45, 7) is 3.83. The Morgan fingerprint density at radius 2 is 1.89 bits per heavy atom. The molecule has 9 nitrogen and oxygen atoms in total. The van der Waals surface area contributed by atoms with Crippen molar-refractivity contribution in [2.24, 2.45) is 5.73 Å². The normalized spacial score (nSPS) is 11.5. The topological polar surface area (TPSA) is 140 Å². The summed E-state index contributed by atoms with van der Waals surface area (Å²) < 4.78 is 41.6. The minimum Gasteiger partial charge on any atom is -0.322 e. The molecule has 1 amide bonds. The number of nitrogens with two attached hydrogens (primary N) is 1. The highest BCUT2D eigenvalue weighted by Crippen LogP contribution is 2.39. The molecule has 0 unspecified atom stereocenters. The van der Waals surface area contributed by atoms with Gasteiger partial charge in [-0.2, -0.15) is 0 Å². The standard InChI is InChI=1S/C24H23FN6O3S2/c1-14(2)23-30-21(22(35-23)19-9-10-27-24(28-19)29-20(32)13-26)15-5-3-7-17(11-15)31-36(33,34)18-8-4-6-16(25)12-18/h3-12,14,31H,13,26H2,1-2H3,(H,27,28,29,32). The van der Waals surface area contributed by atoms with Crippen LogP contribution in [-0.2, 0) is 14.8 Å². The number of hydrogen-bond acceptors (Lipinski definition) is 8. The Morgan fingerprint density at radius 3 is 2.61 bits per heavy atom. The fraction of sp³-hybridized carbons (Fsp3) is 0.167. The lowest BCUT2D eigenvalue weighted by Gasteiger charge is -2.10. The van der Waals surface area contributed by atoms with Gasteiger partial charge in [0.25, 0.3) is 10.0 Å². The van der Waals surface area contributed by atoms with Crippen molar-refractivity contribution >= 4 is 38.9 Å². The predicted molar refractivity (Wildman–Crippen MR) is 138 cm³/mol. The predicted octanol–water partition coefficient (Wildman–Crippen LogP) is 4.23. The van der Waals surface area contributed by atoms with Gasteiger partial charge in [0.05, 0.1) is 32.7 Å². The van der Waals surface area contributed by atoms with Gasteiger partial charge < -0.3 is 5.73 Å². The maximum atomic E-state index is 13.6. The molecule has 4 aromatic rings. The maximum absolute atomic E-state index is 13.6. The molecule has 2 aromatic heterocycles. The van der Waals surface area contributed by atoms with E-state index in [4.69, 9.17) is 10.7 Å². The van der Waals surface area contributed by atoms with Gasteiger partial charge in [0.15, 0.2) is 0 Å². The van der Waals surface area contributed by atoms with Crippen LogP contribution in [0.15, 0.2) is 65.7 Å². The van der Waals surface area contributed by atoms with Crippen LogP contribution < -0.4 is 15.8 Å². The number of nitrogens with one attached hydrogen (secondary N) is 2. The molecule has 0 atom stereocenters. The van der Waals surface area contributed by atoms with E-state index in [0.717, 1.165) is 16.0 Å². The Balaban J connectivity index is 1.73. The van der Waals surface area contributed by atoms with Gasteiger partial charge in [0.2, 0.25) is 11.9 Å². The van der Waals surface area contributed by atoms with Gasteiger partial charge in [-0.05, 0) is 36.4 Å². The summed E-state index contributed by atoms with van der Waals surface area (Å²) in [5.41, 5.74) is 7.46. The molecule has 0 bridgehead atoms. The second-order valence-electron chi connectivity index (χ2n) is 8.05. The highest BCUT2D eigenvalue weighted by molar-refractivity contribution is 7.92. The van der Waals surface area contributed by atoms with Crippen LogP contribution in [0.2, 0.25) is 0 Å². The van der Waals surface area contributed by atoms with E-state index in [1.807, 2.05) is 13.8 Å². The Hall–Kier alpha value is -3.74. The number of sulfonamides is 1. The van der Waals surface area contributed by atoms with Crippen LogP contribution in [-0.4, -0.2) is 35.8 Å². The number of nitrogens with zero attached hydrogens (tertiary/aromatic N) is 3. The molecule has 0 fully saturated rings. The Bertz CT molecular complexity index is 1520. The van der Waals surface area contributed by atoms with Gasteiger partial charge in [-0.1, -0.05) is 32.0 Å². The first-order chi connectivity index (χ1) is 17.2. The summed E-state index contributed by atoms with van der Waals surface area (Å²) in [5.74, 6) is -0.815. The molecule has 2 heterocycles. The minimum atomic E-state index is -4.00. The highest BCUT2D eigenvalue weighted by atomic mass is 32.2. The maximum Gasteiger partial charge on any atom is 0.261 e. The minimum absolute atomic E-state index is 0.116. The largest absolute Gasteiger partial charge is 0.322 e. The highest BCUT2D eigenvalue weighted by Gasteiger charge is 2.20. The van der Waals surface area contributed by atoms with Gasteiger partial charge in [0.1, 0.15) is 5.82 Å². The molecule has 4 rings (SSSR count). The quantitative estimate of drug-likeness (QED) is 0.312. The molecule has 0 spiro atoms. The Morgan fingerprint density at radius 1 is 1.11 bits per heavy atom. The number of benzene rings is 2. The zero-order valence-corrected chi connectivity index (χ0v) is 21.0. The second-order valence-corrected chi connectivity index (χ2v) is 10.8. The fourth-order valence-electron chi connectivity index (χ4n) is 3.25. The molecular weight excluding hydrogens is 503 g/mol. The molecule has 0 saturated heterocycles. The number of carbonyl (C=O) groups is 1. The zero-order valence-electron chi connectivity index (χ0n) is 19.4. The van der Waals surface area contributed by atoms with Crippen LogP contribution in [0.3, 0.4) is 0 Å². The third kappa shape index (κ3) is 5.73. The lowest BCUT2D eigenvalue weighted by molar-refractivity contribution is -0.114. The van der Waals surface area contributed by atoms with E-state index in [2.05, 4.69) is 20.0 Å². The van der Waals surface area contributed by atoms with Crippen molar-refractivity contribution in [2.75, 3.05) is 16.6 Å². The van der Waals surface area contributed by atoms with E-state index in [9.17, 15) is 17.6 Å². The van der Waals surface area contributed by atoms with Crippen molar-refractivity contribution in [3.8, 4) is 21.8 Å². The van der Waals surface area contributed by atoms with E-state index >= 15 is 0 Å². The van der Waals surface area contributed by atoms with Gasteiger partial charge in [-0.25, -0.2) is 27.8 Å². The molecule has 0 aliphatic carbocycles. The molecule has 4 N–H and O–H groups in total. The van der Waals surface area contributed by atoms with E-state index in [0.29, 0.717) is 22.6 Å². The van der Waals surface area contributed by atoms with Crippen LogP contribution in [0.4, 0.5) is 16.0 Å². The van der Waals surface area contributed by atoms with Crippen LogP contribution in [0, 0.1) is 5.82 Å². The summed E-state index contributed by atoms with van der Waals surface area (Å²) in [4.78, 5) is 25.5. The average molecular weight is 527 g/mol. The monoisotopic (exact) mass is 526 g/mol. The number of carbonyl (C=O) groups excluding carboxylic acids is 1. The number of aromatic nitrogens is 3. The molecule has 186 valence electrons. The zero-order chi connectivity index (χ0) is 25.9. The molecule has 12 heteroatoms. The molecule has 0 aliphatic rings.